The van der Waals surface area contributed by atoms with Crippen molar-refractivity contribution < 1.29 is 4.74 Å². The average molecular weight is 223 g/mol. The Hall–Kier alpha value is -0.830. The van der Waals surface area contributed by atoms with Gasteiger partial charge in [0, 0.05) is 17.5 Å². The van der Waals surface area contributed by atoms with Crippen LogP contribution < -0.4 is 10.1 Å². The molecule has 0 aliphatic carbocycles. The van der Waals surface area contributed by atoms with E-state index in [0.717, 1.165) is 5.75 Å². The van der Waals surface area contributed by atoms with E-state index in [4.69, 9.17) is 4.74 Å². The first kappa shape index (κ1) is 10.7. The average Bonchev–Trinajstić information content (AvgIpc) is 2.74. The van der Waals surface area contributed by atoms with Crippen molar-refractivity contribution in [3.63, 3.8) is 0 Å². The van der Waals surface area contributed by atoms with Gasteiger partial charge in [-0.3, -0.25) is 0 Å². The van der Waals surface area contributed by atoms with Crippen LogP contribution in [0.4, 0.5) is 5.69 Å². The maximum atomic E-state index is 5.19. The molecule has 1 aromatic rings. The second-order valence-electron chi connectivity index (χ2n) is 3.89. The number of anilines is 1. The number of hydrogen-bond acceptors (Lipinski definition) is 3. The number of nitrogens with one attached hydrogen (secondary N) is 1. The van der Waals surface area contributed by atoms with Crippen molar-refractivity contribution in [2.75, 3.05) is 23.9 Å². The Morgan fingerprint density at radius 3 is 2.93 bits per heavy atom. The number of benzene rings is 1. The van der Waals surface area contributed by atoms with Crippen LogP contribution in [0.5, 0.6) is 5.75 Å². The molecule has 0 aromatic heterocycles. The van der Waals surface area contributed by atoms with Gasteiger partial charge in [0.15, 0.2) is 0 Å². The van der Waals surface area contributed by atoms with Crippen molar-refractivity contribution >= 4 is 17.4 Å². The lowest BCUT2D eigenvalue weighted by atomic mass is 10.1. The van der Waals surface area contributed by atoms with Crippen LogP contribution in [0.2, 0.25) is 0 Å². The quantitative estimate of drug-likeness (QED) is 0.851. The molecular formula is C12H17NOS. The molecule has 0 amide bonds. The Balaban J connectivity index is 2.07. The molecule has 1 N–H and O–H groups in total. The smallest absolute Gasteiger partial charge is 0.119 e. The SMILES string of the molecule is COc1ccc(NC2CCSC2)c(C)c1. The standard InChI is InChI=1S/C12H17NOS/c1-9-7-11(14-2)3-4-12(9)13-10-5-6-15-8-10/h3-4,7,10,13H,5-6,8H2,1-2H3. The van der Waals surface area contributed by atoms with E-state index in [2.05, 4.69) is 24.4 Å². The van der Waals surface area contributed by atoms with E-state index in [1.165, 1.54) is 29.2 Å². The highest BCUT2D eigenvalue weighted by atomic mass is 32.2. The molecule has 0 saturated carbocycles. The Morgan fingerprint density at radius 1 is 1.47 bits per heavy atom. The van der Waals surface area contributed by atoms with Crippen molar-refractivity contribution in [2.24, 2.45) is 0 Å². The topological polar surface area (TPSA) is 21.3 Å². The summed E-state index contributed by atoms with van der Waals surface area (Å²) in [6, 6.07) is 6.83. The Labute approximate surface area is 95.4 Å². The Morgan fingerprint density at radius 2 is 2.33 bits per heavy atom. The van der Waals surface area contributed by atoms with Crippen molar-refractivity contribution in [1.29, 1.82) is 0 Å². The van der Waals surface area contributed by atoms with E-state index in [0.29, 0.717) is 6.04 Å². The highest BCUT2D eigenvalue weighted by Crippen LogP contribution is 2.25. The van der Waals surface area contributed by atoms with Gasteiger partial charge in [0.2, 0.25) is 0 Å². The summed E-state index contributed by atoms with van der Waals surface area (Å²) in [5.41, 5.74) is 2.49. The molecule has 0 spiro atoms. The minimum absolute atomic E-state index is 0.641. The molecule has 2 nitrogen and oxygen atoms in total. The van der Waals surface area contributed by atoms with Crippen LogP contribution in [0, 0.1) is 6.92 Å². The molecule has 15 heavy (non-hydrogen) atoms. The molecule has 1 saturated heterocycles. The summed E-state index contributed by atoms with van der Waals surface area (Å²) in [6.07, 6.45) is 1.27. The molecule has 1 aromatic carbocycles. The second-order valence-corrected chi connectivity index (χ2v) is 5.04. The molecule has 0 radical (unpaired) electrons. The molecule has 1 heterocycles. The summed E-state index contributed by atoms with van der Waals surface area (Å²) in [5.74, 6) is 3.44. The fourth-order valence-corrected chi connectivity index (χ4v) is 2.95. The molecule has 0 bridgehead atoms. The minimum Gasteiger partial charge on any atom is -0.497 e. The van der Waals surface area contributed by atoms with Gasteiger partial charge in [-0.05, 0) is 42.9 Å². The van der Waals surface area contributed by atoms with Gasteiger partial charge in [-0.15, -0.1) is 0 Å². The summed E-state index contributed by atoms with van der Waals surface area (Å²) in [5, 5.41) is 3.58. The van der Waals surface area contributed by atoms with Gasteiger partial charge < -0.3 is 10.1 Å². The van der Waals surface area contributed by atoms with Crippen LogP contribution in [-0.2, 0) is 0 Å². The van der Waals surface area contributed by atoms with Gasteiger partial charge in [0.1, 0.15) is 5.75 Å². The summed E-state index contributed by atoms with van der Waals surface area (Å²) in [6.45, 7) is 2.12. The summed E-state index contributed by atoms with van der Waals surface area (Å²) >= 11 is 2.03. The van der Waals surface area contributed by atoms with Gasteiger partial charge in [0.05, 0.1) is 7.11 Å². The van der Waals surface area contributed by atoms with E-state index >= 15 is 0 Å². The lowest BCUT2D eigenvalue weighted by Crippen LogP contribution is -2.18. The van der Waals surface area contributed by atoms with E-state index in [1.54, 1.807) is 7.11 Å². The molecule has 1 fully saturated rings. The van der Waals surface area contributed by atoms with Crippen LogP contribution >= 0.6 is 11.8 Å². The van der Waals surface area contributed by atoms with Gasteiger partial charge in [0.25, 0.3) is 0 Å². The molecule has 1 aliphatic heterocycles. The van der Waals surface area contributed by atoms with E-state index in [9.17, 15) is 0 Å². The zero-order chi connectivity index (χ0) is 10.7. The lowest BCUT2D eigenvalue weighted by Gasteiger charge is -2.15. The molecular weight excluding hydrogens is 206 g/mol. The predicted octanol–water partition coefficient (Wildman–Crippen LogP) is 2.92. The number of aryl methyl sites for hydroxylation is 1. The highest BCUT2D eigenvalue weighted by molar-refractivity contribution is 7.99. The molecule has 1 unspecified atom stereocenters. The third-order valence-corrected chi connectivity index (χ3v) is 3.89. The number of methoxy groups -OCH3 is 1. The van der Waals surface area contributed by atoms with Crippen molar-refractivity contribution in [3.05, 3.63) is 23.8 Å². The normalized spacial score (nSPS) is 20.3. The Bertz CT molecular complexity index is 334. The lowest BCUT2D eigenvalue weighted by molar-refractivity contribution is 0.414. The summed E-state index contributed by atoms with van der Waals surface area (Å²) in [7, 11) is 1.70. The first-order chi connectivity index (χ1) is 7.29. The van der Waals surface area contributed by atoms with Crippen LogP contribution in [0.3, 0.4) is 0 Å². The fourth-order valence-electron chi connectivity index (χ4n) is 1.79. The van der Waals surface area contributed by atoms with Gasteiger partial charge in [-0.25, -0.2) is 0 Å². The zero-order valence-corrected chi connectivity index (χ0v) is 10.1. The predicted molar refractivity (Wildman–Crippen MR) is 67.1 cm³/mol. The summed E-state index contributed by atoms with van der Waals surface area (Å²) < 4.78 is 5.19. The number of thioether (sulfide) groups is 1. The molecule has 2 rings (SSSR count). The van der Waals surface area contributed by atoms with Crippen molar-refractivity contribution in [3.8, 4) is 5.75 Å². The van der Waals surface area contributed by atoms with Crippen LogP contribution in [-0.4, -0.2) is 24.7 Å². The van der Waals surface area contributed by atoms with E-state index in [-0.39, 0.29) is 0 Å². The van der Waals surface area contributed by atoms with Crippen molar-refractivity contribution in [2.45, 2.75) is 19.4 Å². The zero-order valence-electron chi connectivity index (χ0n) is 9.25. The maximum Gasteiger partial charge on any atom is 0.119 e. The third kappa shape index (κ3) is 2.59. The minimum atomic E-state index is 0.641. The monoisotopic (exact) mass is 223 g/mol. The maximum absolute atomic E-state index is 5.19. The second kappa shape index (κ2) is 4.79. The molecule has 3 heteroatoms. The fraction of sp³-hybridized carbons (Fsp3) is 0.500. The molecule has 1 atom stereocenters. The largest absolute Gasteiger partial charge is 0.497 e. The molecule has 1 aliphatic rings. The van der Waals surface area contributed by atoms with Gasteiger partial charge >= 0.3 is 0 Å². The van der Waals surface area contributed by atoms with E-state index in [1.807, 2.05) is 17.8 Å². The third-order valence-electron chi connectivity index (χ3n) is 2.72. The van der Waals surface area contributed by atoms with Gasteiger partial charge in [-0.2, -0.15) is 11.8 Å². The number of ether oxygens (including phenoxy) is 1. The number of rotatable bonds is 3. The van der Waals surface area contributed by atoms with Crippen LogP contribution in [0.1, 0.15) is 12.0 Å². The summed E-state index contributed by atoms with van der Waals surface area (Å²) in [4.78, 5) is 0. The van der Waals surface area contributed by atoms with Crippen LogP contribution in [0.25, 0.3) is 0 Å². The Kier molecular flexibility index (Phi) is 3.41. The first-order valence-electron chi connectivity index (χ1n) is 5.28. The first-order valence-corrected chi connectivity index (χ1v) is 6.44. The van der Waals surface area contributed by atoms with Gasteiger partial charge in [-0.1, -0.05) is 0 Å². The highest BCUT2D eigenvalue weighted by Gasteiger charge is 2.15. The number of hydrogen-bond donors (Lipinski definition) is 1. The molecule has 82 valence electrons. The van der Waals surface area contributed by atoms with Crippen LogP contribution in [0.15, 0.2) is 18.2 Å². The van der Waals surface area contributed by atoms with Crippen molar-refractivity contribution in [1.82, 2.24) is 0 Å². The van der Waals surface area contributed by atoms with E-state index < -0.39 is 0 Å².